The van der Waals surface area contributed by atoms with Crippen LogP contribution in [0.15, 0.2) is 30.3 Å². The summed E-state index contributed by atoms with van der Waals surface area (Å²) in [6, 6.07) is 8.40. The van der Waals surface area contributed by atoms with E-state index in [1.54, 1.807) is 0 Å². The summed E-state index contributed by atoms with van der Waals surface area (Å²) < 4.78 is 0. The first-order valence-corrected chi connectivity index (χ1v) is 5.99. The number of carboxylic acids is 1. The third-order valence-corrected chi connectivity index (χ3v) is 2.81. The number of benzene rings is 1. The molecule has 4 nitrogen and oxygen atoms in total. The topological polar surface area (TPSA) is 57.6 Å². The molecule has 0 heterocycles. The van der Waals surface area contributed by atoms with Crippen molar-refractivity contribution in [1.82, 2.24) is 4.90 Å². The lowest BCUT2D eigenvalue weighted by Gasteiger charge is -2.31. The number of aliphatic carboxylic acids is 1. The molecule has 18 heavy (non-hydrogen) atoms. The first-order chi connectivity index (χ1) is 8.43. The molecule has 0 fully saturated rings. The van der Waals surface area contributed by atoms with Crippen molar-refractivity contribution in [3.05, 3.63) is 35.9 Å². The zero-order valence-corrected chi connectivity index (χ0v) is 11.0. The van der Waals surface area contributed by atoms with Crippen LogP contribution in [0.2, 0.25) is 0 Å². The molecule has 1 amide bonds. The van der Waals surface area contributed by atoms with Gasteiger partial charge in [-0.1, -0.05) is 30.3 Å². The van der Waals surface area contributed by atoms with Gasteiger partial charge in [0.1, 0.15) is 6.04 Å². The average Bonchev–Trinajstić information content (AvgIpc) is 2.28. The summed E-state index contributed by atoms with van der Waals surface area (Å²) in [6.45, 7) is 5.05. The highest BCUT2D eigenvalue weighted by Gasteiger charge is 2.29. The average molecular weight is 249 g/mol. The van der Waals surface area contributed by atoms with Gasteiger partial charge in [0.05, 0.1) is 0 Å². The largest absolute Gasteiger partial charge is 0.480 e. The molecule has 0 bridgehead atoms. The minimum absolute atomic E-state index is 0.132. The third kappa shape index (κ3) is 3.58. The van der Waals surface area contributed by atoms with E-state index in [4.69, 9.17) is 0 Å². The molecule has 1 aromatic rings. The molecule has 1 unspecified atom stereocenters. The summed E-state index contributed by atoms with van der Waals surface area (Å²) in [4.78, 5) is 24.4. The van der Waals surface area contributed by atoms with Crippen molar-refractivity contribution in [2.45, 2.75) is 39.3 Å². The van der Waals surface area contributed by atoms with Crippen LogP contribution in [0.25, 0.3) is 0 Å². The van der Waals surface area contributed by atoms with Gasteiger partial charge in [-0.25, -0.2) is 4.79 Å². The predicted octanol–water partition coefficient (Wildman–Crippen LogP) is 1.94. The molecule has 0 saturated heterocycles. The fourth-order valence-corrected chi connectivity index (χ4v) is 2.08. The van der Waals surface area contributed by atoms with E-state index in [0.29, 0.717) is 6.42 Å². The van der Waals surface area contributed by atoms with Gasteiger partial charge in [0, 0.05) is 19.4 Å². The Bertz CT molecular complexity index is 414. The minimum atomic E-state index is -0.970. The number of carbonyl (C=O) groups is 2. The number of hydrogen-bond donors (Lipinski definition) is 1. The summed E-state index contributed by atoms with van der Waals surface area (Å²) in [5.41, 5.74) is 0.914. The van der Waals surface area contributed by atoms with Crippen molar-refractivity contribution in [3.8, 4) is 0 Å². The fraction of sp³-hybridized carbons (Fsp3) is 0.429. The van der Waals surface area contributed by atoms with Crippen LogP contribution in [0.1, 0.15) is 26.3 Å². The number of nitrogens with zero attached hydrogens (tertiary/aromatic N) is 1. The second-order valence-electron chi connectivity index (χ2n) is 4.56. The molecular formula is C14H19NO3. The van der Waals surface area contributed by atoms with Crippen molar-refractivity contribution < 1.29 is 14.7 Å². The Morgan fingerprint density at radius 3 is 2.17 bits per heavy atom. The van der Waals surface area contributed by atoms with Gasteiger partial charge in [0.2, 0.25) is 5.91 Å². The quantitative estimate of drug-likeness (QED) is 0.867. The number of hydrogen-bond acceptors (Lipinski definition) is 2. The number of carboxylic acid groups (broad SMARTS) is 1. The smallest absolute Gasteiger partial charge is 0.326 e. The van der Waals surface area contributed by atoms with Crippen LogP contribution in [0, 0.1) is 0 Å². The minimum Gasteiger partial charge on any atom is -0.480 e. The first-order valence-electron chi connectivity index (χ1n) is 5.99. The second-order valence-corrected chi connectivity index (χ2v) is 4.56. The van der Waals surface area contributed by atoms with Crippen molar-refractivity contribution in [1.29, 1.82) is 0 Å². The Hall–Kier alpha value is -1.84. The van der Waals surface area contributed by atoms with Crippen molar-refractivity contribution in [2.24, 2.45) is 0 Å². The third-order valence-electron chi connectivity index (χ3n) is 2.81. The first kappa shape index (κ1) is 14.2. The normalized spacial score (nSPS) is 12.2. The molecule has 4 heteroatoms. The van der Waals surface area contributed by atoms with Crippen molar-refractivity contribution in [3.63, 3.8) is 0 Å². The molecule has 0 aliphatic carbocycles. The Morgan fingerprint density at radius 2 is 1.78 bits per heavy atom. The van der Waals surface area contributed by atoms with Gasteiger partial charge in [-0.2, -0.15) is 0 Å². The van der Waals surface area contributed by atoms with E-state index in [-0.39, 0.29) is 11.9 Å². The van der Waals surface area contributed by atoms with E-state index in [9.17, 15) is 14.7 Å². The van der Waals surface area contributed by atoms with Crippen LogP contribution < -0.4 is 0 Å². The van der Waals surface area contributed by atoms with E-state index in [1.807, 2.05) is 44.2 Å². The molecular weight excluding hydrogens is 230 g/mol. The summed E-state index contributed by atoms with van der Waals surface area (Å²) >= 11 is 0. The van der Waals surface area contributed by atoms with Crippen LogP contribution in [0.3, 0.4) is 0 Å². The van der Waals surface area contributed by atoms with Gasteiger partial charge in [-0.15, -0.1) is 0 Å². The monoisotopic (exact) mass is 249 g/mol. The van der Waals surface area contributed by atoms with Gasteiger partial charge < -0.3 is 10.0 Å². The van der Waals surface area contributed by atoms with E-state index in [2.05, 4.69) is 0 Å². The summed E-state index contributed by atoms with van der Waals surface area (Å²) in [5.74, 6) is -1.18. The molecule has 0 spiro atoms. The summed E-state index contributed by atoms with van der Waals surface area (Å²) in [7, 11) is 0. The molecule has 0 aliphatic heterocycles. The van der Waals surface area contributed by atoms with Gasteiger partial charge in [0.25, 0.3) is 0 Å². The maximum Gasteiger partial charge on any atom is 0.326 e. The van der Waals surface area contributed by atoms with Gasteiger partial charge in [-0.05, 0) is 19.4 Å². The van der Waals surface area contributed by atoms with Gasteiger partial charge in [-0.3, -0.25) is 4.79 Å². The Labute approximate surface area is 107 Å². The van der Waals surface area contributed by atoms with E-state index in [1.165, 1.54) is 11.8 Å². The maximum absolute atomic E-state index is 11.6. The van der Waals surface area contributed by atoms with Crippen LogP contribution in [-0.2, 0) is 16.0 Å². The number of rotatable bonds is 5. The number of amides is 1. The summed E-state index contributed by atoms with van der Waals surface area (Å²) in [6.07, 6.45) is 0.327. The van der Waals surface area contributed by atoms with Crippen molar-refractivity contribution >= 4 is 11.9 Å². The van der Waals surface area contributed by atoms with Gasteiger partial charge >= 0.3 is 5.97 Å². The van der Waals surface area contributed by atoms with Crippen LogP contribution in [-0.4, -0.2) is 34.0 Å². The standard InChI is InChI=1S/C14H19NO3/c1-10(2)15(11(3)16)13(14(17)18)9-12-7-5-4-6-8-12/h4-8,10,13H,9H2,1-3H3,(H,17,18). The van der Waals surface area contributed by atoms with Crippen molar-refractivity contribution in [2.75, 3.05) is 0 Å². The molecule has 0 radical (unpaired) electrons. The molecule has 0 aromatic heterocycles. The molecule has 1 rings (SSSR count). The lowest BCUT2D eigenvalue weighted by molar-refractivity contribution is -0.151. The zero-order chi connectivity index (χ0) is 13.7. The van der Waals surface area contributed by atoms with Crippen LogP contribution in [0.4, 0.5) is 0 Å². The molecule has 0 aliphatic rings. The molecule has 1 aromatic carbocycles. The highest BCUT2D eigenvalue weighted by atomic mass is 16.4. The fourth-order valence-electron chi connectivity index (χ4n) is 2.08. The zero-order valence-electron chi connectivity index (χ0n) is 11.0. The van der Waals surface area contributed by atoms with E-state index >= 15 is 0 Å². The highest BCUT2D eigenvalue weighted by molar-refractivity contribution is 5.82. The Morgan fingerprint density at radius 1 is 1.22 bits per heavy atom. The molecule has 1 N–H and O–H groups in total. The van der Waals surface area contributed by atoms with Crippen LogP contribution >= 0.6 is 0 Å². The lowest BCUT2D eigenvalue weighted by Crippen LogP contribution is -2.49. The second kappa shape index (κ2) is 6.19. The van der Waals surface area contributed by atoms with E-state index < -0.39 is 12.0 Å². The lowest BCUT2D eigenvalue weighted by atomic mass is 10.0. The molecule has 98 valence electrons. The van der Waals surface area contributed by atoms with Gasteiger partial charge in [0.15, 0.2) is 0 Å². The Kier molecular flexibility index (Phi) is 4.89. The molecule has 0 saturated carbocycles. The van der Waals surface area contributed by atoms with E-state index in [0.717, 1.165) is 5.56 Å². The SMILES string of the molecule is CC(=O)N(C(C)C)C(Cc1ccccc1)C(=O)O. The van der Waals surface area contributed by atoms with Crippen LogP contribution in [0.5, 0.6) is 0 Å². The maximum atomic E-state index is 11.6. The molecule has 1 atom stereocenters. The predicted molar refractivity (Wildman–Crippen MR) is 69.2 cm³/mol. The Balaban J connectivity index is 2.95. The summed E-state index contributed by atoms with van der Waals surface area (Å²) in [5, 5.41) is 9.31. The highest BCUT2D eigenvalue weighted by Crippen LogP contribution is 2.13. The number of carbonyl (C=O) groups excluding carboxylic acids is 1.